The number of nitrogens with zero attached hydrogens (tertiary/aromatic N) is 3. The van der Waals surface area contributed by atoms with Gasteiger partial charge in [-0.3, -0.25) is 23.7 Å². The first-order valence-electron chi connectivity index (χ1n) is 11.8. The molecule has 0 bridgehead atoms. The molecule has 1 aromatic carbocycles. The van der Waals surface area contributed by atoms with Crippen LogP contribution >= 0.6 is 46.0 Å². The van der Waals surface area contributed by atoms with Gasteiger partial charge >= 0.3 is 4.87 Å². The number of hydrogen-bond acceptors (Lipinski definition) is 7. The maximum atomic E-state index is 13.7. The third-order valence-electron chi connectivity index (χ3n) is 6.99. The molecule has 0 saturated carbocycles. The summed E-state index contributed by atoms with van der Waals surface area (Å²) in [5.41, 5.74) is 0.482. The van der Waals surface area contributed by atoms with E-state index in [1.807, 2.05) is 22.4 Å². The zero-order valence-electron chi connectivity index (χ0n) is 19.1. The first-order valence-corrected chi connectivity index (χ1v) is 14.7. The van der Waals surface area contributed by atoms with Crippen molar-refractivity contribution in [1.29, 1.82) is 0 Å². The number of halogens is 1. The monoisotopic (exact) mass is 559 g/mol. The molecule has 36 heavy (non-hydrogen) atoms. The largest absolute Gasteiger partial charge is 0.341 e. The summed E-state index contributed by atoms with van der Waals surface area (Å²) >= 11 is 9.87. The molecule has 2 fully saturated rings. The highest BCUT2D eigenvalue weighted by Crippen LogP contribution is 2.54. The highest BCUT2D eigenvalue weighted by molar-refractivity contribution is 8.00. The first kappa shape index (κ1) is 24.0. The van der Waals surface area contributed by atoms with Crippen LogP contribution in [-0.4, -0.2) is 45.5 Å². The number of amides is 3. The Morgan fingerprint density at radius 1 is 1.00 bits per heavy atom. The standard InChI is InChI=1S/C25H22ClN3O4S3/c26-14-6-8-15(9-7-14)29-22(31)19-18(16-5-4-12-34-16)21-24(35-20(19)23(29)32)28(25(33)36-21)13-17(30)27-10-2-1-3-11-27/h4-9,12,18-20H,1-3,10-11,13H2/t18-,19?,20?/m1/s1. The lowest BCUT2D eigenvalue weighted by Gasteiger charge is -2.30. The van der Waals surface area contributed by atoms with Crippen LogP contribution < -0.4 is 9.77 Å². The van der Waals surface area contributed by atoms with Gasteiger partial charge in [0.25, 0.3) is 0 Å². The number of thioether (sulfide) groups is 1. The molecule has 3 amide bonds. The number of carbonyl (C=O) groups excluding carboxylic acids is 3. The van der Waals surface area contributed by atoms with Gasteiger partial charge in [-0.1, -0.05) is 40.8 Å². The highest BCUT2D eigenvalue weighted by Gasteiger charge is 2.57. The van der Waals surface area contributed by atoms with Gasteiger partial charge in [0.15, 0.2) is 0 Å². The van der Waals surface area contributed by atoms with E-state index in [1.54, 1.807) is 24.3 Å². The van der Waals surface area contributed by atoms with Gasteiger partial charge in [-0.15, -0.1) is 11.3 Å². The van der Waals surface area contributed by atoms with E-state index >= 15 is 0 Å². The van der Waals surface area contributed by atoms with E-state index in [9.17, 15) is 19.2 Å². The minimum atomic E-state index is -0.682. The Kier molecular flexibility index (Phi) is 6.31. The molecular formula is C25H22ClN3O4S3. The third-order valence-corrected chi connectivity index (χ3v) is 10.8. The van der Waals surface area contributed by atoms with Crippen molar-refractivity contribution in [2.75, 3.05) is 18.0 Å². The predicted molar refractivity (Wildman–Crippen MR) is 142 cm³/mol. The third kappa shape index (κ3) is 3.95. The van der Waals surface area contributed by atoms with E-state index in [0.29, 0.717) is 28.8 Å². The fourth-order valence-corrected chi connectivity index (χ4v) is 9.10. The molecular weight excluding hydrogens is 538 g/mol. The molecule has 0 spiro atoms. The summed E-state index contributed by atoms with van der Waals surface area (Å²) < 4.78 is 1.52. The minimum absolute atomic E-state index is 0.0464. The van der Waals surface area contributed by atoms with Crippen LogP contribution in [0.3, 0.4) is 0 Å². The number of thiazole rings is 1. The number of benzene rings is 1. The minimum Gasteiger partial charge on any atom is -0.341 e. The van der Waals surface area contributed by atoms with Gasteiger partial charge in [-0.05, 0) is 55.0 Å². The van der Waals surface area contributed by atoms with Crippen LogP contribution in [0.5, 0.6) is 0 Å². The normalized spacial score (nSPS) is 23.6. The van der Waals surface area contributed by atoms with Crippen molar-refractivity contribution < 1.29 is 14.4 Å². The Balaban J connectivity index is 1.41. The number of fused-ring (bicyclic) bond motifs is 2. The van der Waals surface area contributed by atoms with Crippen molar-refractivity contribution >= 4 is 69.4 Å². The van der Waals surface area contributed by atoms with Gasteiger partial charge in [0.05, 0.1) is 16.6 Å². The average molecular weight is 560 g/mol. The Morgan fingerprint density at radius 2 is 1.75 bits per heavy atom. The summed E-state index contributed by atoms with van der Waals surface area (Å²) in [4.78, 5) is 58.1. The molecule has 5 heterocycles. The molecule has 3 aromatic rings. The van der Waals surface area contributed by atoms with Gasteiger partial charge in [-0.2, -0.15) is 0 Å². The lowest BCUT2D eigenvalue weighted by atomic mass is 9.87. The Labute approximate surface area is 224 Å². The molecule has 0 N–H and O–H groups in total. The fraction of sp³-hybridized carbons (Fsp3) is 0.360. The number of anilines is 1. The van der Waals surface area contributed by atoms with Crippen LogP contribution in [0.2, 0.25) is 5.02 Å². The SMILES string of the molecule is O=C(Cn1c2c(sc1=O)[C@H](c1cccs1)C1C(=O)N(c3ccc(Cl)cc3)C(=O)C1S2)N1CCCCC1. The molecule has 0 radical (unpaired) electrons. The van der Waals surface area contributed by atoms with Crippen molar-refractivity contribution in [3.05, 3.63) is 66.2 Å². The summed E-state index contributed by atoms with van der Waals surface area (Å²) in [6, 6.07) is 10.5. The zero-order valence-corrected chi connectivity index (χ0v) is 22.3. The lowest BCUT2D eigenvalue weighted by molar-refractivity contribution is -0.133. The van der Waals surface area contributed by atoms with Crippen LogP contribution in [0.1, 0.15) is 34.9 Å². The Hall–Kier alpha value is -2.40. The van der Waals surface area contributed by atoms with Crippen LogP contribution in [0, 0.1) is 5.92 Å². The maximum Gasteiger partial charge on any atom is 0.308 e. The molecule has 3 aliphatic rings. The van der Waals surface area contributed by atoms with E-state index < -0.39 is 17.1 Å². The second-order valence-electron chi connectivity index (χ2n) is 9.11. The lowest BCUT2D eigenvalue weighted by Crippen LogP contribution is -2.39. The van der Waals surface area contributed by atoms with E-state index in [4.69, 9.17) is 11.6 Å². The summed E-state index contributed by atoms with van der Waals surface area (Å²) in [6.07, 6.45) is 3.05. The van der Waals surface area contributed by atoms with Crippen LogP contribution in [0.15, 0.2) is 51.6 Å². The summed E-state index contributed by atoms with van der Waals surface area (Å²) in [5, 5.41) is 2.40. The van der Waals surface area contributed by atoms with Crippen molar-refractivity contribution in [2.24, 2.45) is 5.92 Å². The van der Waals surface area contributed by atoms with Crippen LogP contribution in [0.25, 0.3) is 0 Å². The Bertz CT molecular complexity index is 1390. The first-order chi connectivity index (χ1) is 17.4. The summed E-state index contributed by atoms with van der Waals surface area (Å²) in [5.74, 6) is -1.71. The molecule has 3 atom stereocenters. The second-order valence-corrected chi connectivity index (χ2v) is 12.6. The molecule has 2 aromatic heterocycles. The molecule has 0 aliphatic carbocycles. The van der Waals surface area contributed by atoms with Crippen molar-refractivity contribution in [3.8, 4) is 0 Å². The number of aromatic nitrogens is 1. The van der Waals surface area contributed by atoms with E-state index in [2.05, 4.69) is 0 Å². The van der Waals surface area contributed by atoms with Gasteiger partial charge in [0.2, 0.25) is 17.7 Å². The smallest absolute Gasteiger partial charge is 0.308 e. The second kappa shape index (κ2) is 9.48. The molecule has 186 valence electrons. The summed E-state index contributed by atoms with van der Waals surface area (Å²) in [6.45, 7) is 1.37. The van der Waals surface area contributed by atoms with E-state index in [-0.39, 0.29) is 29.1 Å². The fourth-order valence-electron chi connectivity index (χ4n) is 5.25. The predicted octanol–water partition coefficient (Wildman–Crippen LogP) is 4.43. The van der Waals surface area contributed by atoms with E-state index in [0.717, 1.165) is 40.4 Å². The average Bonchev–Trinajstić information content (AvgIpc) is 3.58. The van der Waals surface area contributed by atoms with Crippen molar-refractivity contribution in [2.45, 2.75) is 42.0 Å². The molecule has 2 unspecified atom stereocenters. The molecule has 6 rings (SSSR count). The topological polar surface area (TPSA) is 79.7 Å². The van der Waals surface area contributed by atoms with Crippen LogP contribution in [-0.2, 0) is 20.9 Å². The molecule has 2 saturated heterocycles. The molecule has 3 aliphatic heterocycles. The number of imide groups is 1. The quantitative estimate of drug-likeness (QED) is 0.442. The number of carbonyl (C=O) groups is 3. The number of likely N-dealkylation sites (tertiary alicyclic amines) is 1. The van der Waals surface area contributed by atoms with Crippen LogP contribution in [0.4, 0.5) is 5.69 Å². The summed E-state index contributed by atoms with van der Waals surface area (Å²) in [7, 11) is 0. The Morgan fingerprint density at radius 3 is 2.44 bits per heavy atom. The van der Waals surface area contributed by atoms with Gasteiger partial charge < -0.3 is 4.90 Å². The number of piperidine rings is 1. The molecule has 7 nitrogen and oxygen atoms in total. The van der Waals surface area contributed by atoms with Gasteiger partial charge in [-0.25, -0.2) is 4.90 Å². The van der Waals surface area contributed by atoms with Gasteiger partial charge in [0.1, 0.15) is 11.8 Å². The van der Waals surface area contributed by atoms with Crippen molar-refractivity contribution in [3.63, 3.8) is 0 Å². The number of hydrogen-bond donors (Lipinski definition) is 0. The van der Waals surface area contributed by atoms with E-state index in [1.165, 1.54) is 32.6 Å². The zero-order chi connectivity index (χ0) is 25.0. The number of rotatable bonds is 4. The highest BCUT2D eigenvalue weighted by atomic mass is 35.5. The number of thiophene rings is 1. The van der Waals surface area contributed by atoms with Gasteiger partial charge in [0, 0.05) is 33.8 Å². The maximum absolute atomic E-state index is 13.7. The van der Waals surface area contributed by atoms with Crippen molar-refractivity contribution in [1.82, 2.24) is 9.47 Å². The molecule has 11 heteroatoms.